The molecule has 0 aromatic carbocycles. The van der Waals surface area contributed by atoms with E-state index >= 15 is 0 Å². The molecule has 3 N–H and O–H groups in total. The molecule has 2 heterocycles. The lowest BCUT2D eigenvalue weighted by molar-refractivity contribution is 0.102. The number of nitrogens with zero attached hydrogens (tertiary/aromatic N) is 3. The molecule has 2 rings (SSSR count). The predicted molar refractivity (Wildman–Crippen MR) is 62.4 cm³/mol. The summed E-state index contributed by atoms with van der Waals surface area (Å²) in [7, 11) is 1.78. The molecule has 2 aromatic heterocycles. The molecule has 84 valence electrons. The first-order valence-corrected chi connectivity index (χ1v) is 5.42. The van der Waals surface area contributed by atoms with Gasteiger partial charge in [-0.2, -0.15) is 5.10 Å². The molecule has 0 radical (unpaired) electrons. The van der Waals surface area contributed by atoms with Gasteiger partial charge in [-0.1, -0.05) is 11.3 Å². The smallest absolute Gasteiger partial charge is 0.268 e. The molecule has 0 aliphatic carbocycles. The zero-order valence-electron chi connectivity index (χ0n) is 8.89. The summed E-state index contributed by atoms with van der Waals surface area (Å²) in [5, 5.41) is 7.12. The molecule has 0 spiro atoms. The number of nitrogens with one attached hydrogen (secondary N) is 1. The quantitative estimate of drug-likeness (QED) is 0.816. The van der Waals surface area contributed by atoms with Crippen molar-refractivity contribution in [3.8, 4) is 0 Å². The van der Waals surface area contributed by atoms with E-state index < -0.39 is 0 Å². The van der Waals surface area contributed by atoms with Gasteiger partial charge in [0.15, 0.2) is 10.9 Å². The second-order valence-electron chi connectivity index (χ2n) is 3.30. The van der Waals surface area contributed by atoms with Crippen molar-refractivity contribution in [3.05, 3.63) is 22.8 Å². The zero-order chi connectivity index (χ0) is 11.7. The van der Waals surface area contributed by atoms with Gasteiger partial charge in [0.1, 0.15) is 4.88 Å². The highest BCUT2D eigenvalue weighted by atomic mass is 32.1. The Hall–Kier alpha value is -1.89. The third kappa shape index (κ3) is 2.03. The Morgan fingerprint density at radius 1 is 1.62 bits per heavy atom. The molecule has 0 unspecified atom stereocenters. The summed E-state index contributed by atoms with van der Waals surface area (Å²) >= 11 is 1.17. The average Bonchev–Trinajstić information content (AvgIpc) is 2.73. The van der Waals surface area contributed by atoms with Crippen LogP contribution in [0.15, 0.2) is 12.3 Å². The van der Waals surface area contributed by atoms with Gasteiger partial charge in [0, 0.05) is 19.3 Å². The molecule has 0 bridgehead atoms. The number of carbonyl (C=O) groups excluding carboxylic acids is 1. The maximum atomic E-state index is 11.8. The molecule has 0 fully saturated rings. The molecular formula is C9H11N5OS. The summed E-state index contributed by atoms with van der Waals surface area (Å²) in [6, 6.07) is 1.72. The van der Waals surface area contributed by atoms with Gasteiger partial charge in [0.2, 0.25) is 0 Å². The van der Waals surface area contributed by atoms with Crippen LogP contribution in [-0.2, 0) is 7.05 Å². The Morgan fingerprint density at radius 2 is 2.38 bits per heavy atom. The lowest BCUT2D eigenvalue weighted by Gasteiger charge is -1.98. The molecule has 0 atom stereocenters. The second-order valence-corrected chi connectivity index (χ2v) is 4.33. The third-order valence-electron chi connectivity index (χ3n) is 1.97. The molecule has 1 amide bonds. The van der Waals surface area contributed by atoms with E-state index in [1.807, 2.05) is 0 Å². The molecular weight excluding hydrogens is 226 g/mol. The Kier molecular flexibility index (Phi) is 2.61. The fourth-order valence-electron chi connectivity index (χ4n) is 1.28. The van der Waals surface area contributed by atoms with Crippen LogP contribution in [0.25, 0.3) is 0 Å². The van der Waals surface area contributed by atoms with E-state index in [0.29, 0.717) is 21.5 Å². The second kappa shape index (κ2) is 3.93. The van der Waals surface area contributed by atoms with Crippen LogP contribution >= 0.6 is 11.3 Å². The SMILES string of the molecule is Cc1nc(N)sc1C(=O)Nc1ccn(C)n1. The molecule has 0 aliphatic heterocycles. The molecule has 16 heavy (non-hydrogen) atoms. The lowest BCUT2D eigenvalue weighted by atomic mass is 10.4. The molecule has 0 aliphatic rings. The predicted octanol–water partition coefficient (Wildman–Crippen LogP) is 1.02. The van der Waals surface area contributed by atoms with Gasteiger partial charge in [-0.25, -0.2) is 4.98 Å². The Bertz CT molecular complexity index is 530. The number of hydrogen-bond donors (Lipinski definition) is 2. The normalized spacial score (nSPS) is 10.4. The van der Waals surface area contributed by atoms with Gasteiger partial charge in [-0.15, -0.1) is 0 Å². The highest BCUT2D eigenvalue weighted by Crippen LogP contribution is 2.20. The van der Waals surface area contributed by atoms with E-state index in [4.69, 9.17) is 5.73 Å². The number of carbonyl (C=O) groups is 1. The van der Waals surface area contributed by atoms with Gasteiger partial charge in [-0.3, -0.25) is 9.48 Å². The summed E-state index contributed by atoms with van der Waals surface area (Å²) in [6.07, 6.45) is 1.75. The number of hydrogen-bond acceptors (Lipinski definition) is 5. The van der Waals surface area contributed by atoms with E-state index in [1.54, 1.807) is 30.9 Å². The van der Waals surface area contributed by atoms with Gasteiger partial charge in [0.25, 0.3) is 5.91 Å². The van der Waals surface area contributed by atoms with Crippen molar-refractivity contribution >= 4 is 28.2 Å². The Balaban J connectivity index is 2.17. The van der Waals surface area contributed by atoms with Crippen molar-refractivity contribution < 1.29 is 4.79 Å². The van der Waals surface area contributed by atoms with Crippen LogP contribution in [0.5, 0.6) is 0 Å². The maximum Gasteiger partial charge on any atom is 0.268 e. The van der Waals surface area contributed by atoms with Crippen molar-refractivity contribution in [2.24, 2.45) is 7.05 Å². The number of aryl methyl sites for hydroxylation is 2. The number of aromatic nitrogens is 3. The number of rotatable bonds is 2. The number of nitrogens with two attached hydrogens (primary N) is 1. The third-order valence-corrected chi connectivity index (χ3v) is 2.96. The molecule has 2 aromatic rings. The first-order chi connectivity index (χ1) is 7.56. The van der Waals surface area contributed by atoms with Crippen LogP contribution in [0.4, 0.5) is 10.9 Å². The van der Waals surface area contributed by atoms with Gasteiger partial charge in [-0.05, 0) is 6.92 Å². The fraction of sp³-hybridized carbons (Fsp3) is 0.222. The van der Waals surface area contributed by atoms with Crippen LogP contribution in [0.2, 0.25) is 0 Å². The van der Waals surface area contributed by atoms with E-state index in [-0.39, 0.29) is 5.91 Å². The Morgan fingerprint density at radius 3 is 2.88 bits per heavy atom. The largest absolute Gasteiger partial charge is 0.375 e. The lowest BCUT2D eigenvalue weighted by Crippen LogP contribution is -2.12. The molecule has 0 saturated heterocycles. The highest BCUT2D eigenvalue weighted by Gasteiger charge is 2.14. The number of thiazole rings is 1. The van der Waals surface area contributed by atoms with Gasteiger partial charge >= 0.3 is 0 Å². The maximum absolute atomic E-state index is 11.8. The van der Waals surface area contributed by atoms with E-state index in [9.17, 15) is 4.79 Å². The monoisotopic (exact) mass is 237 g/mol. The van der Waals surface area contributed by atoms with Crippen molar-refractivity contribution in [1.82, 2.24) is 14.8 Å². The van der Waals surface area contributed by atoms with E-state index in [0.717, 1.165) is 0 Å². The summed E-state index contributed by atoms with van der Waals surface area (Å²) in [4.78, 5) is 16.3. The fourth-order valence-corrected chi connectivity index (χ4v) is 2.01. The molecule has 0 saturated carbocycles. The van der Waals surface area contributed by atoms with Crippen molar-refractivity contribution in [3.63, 3.8) is 0 Å². The highest BCUT2D eigenvalue weighted by molar-refractivity contribution is 7.17. The standard InChI is InChI=1S/C9H11N5OS/c1-5-7(16-9(10)11-5)8(15)12-6-3-4-14(2)13-6/h3-4H,1-2H3,(H2,10,11)(H,12,13,15). The first kappa shape index (κ1) is 10.6. The molecule has 6 nitrogen and oxygen atoms in total. The summed E-state index contributed by atoms with van der Waals surface area (Å²) < 4.78 is 1.61. The Labute approximate surface area is 96.1 Å². The minimum absolute atomic E-state index is 0.231. The topological polar surface area (TPSA) is 85.8 Å². The summed E-state index contributed by atoms with van der Waals surface area (Å²) in [5.41, 5.74) is 6.16. The van der Waals surface area contributed by atoms with E-state index in [1.165, 1.54) is 11.3 Å². The first-order valence-electron chi connectivity index (χ1n) is 4.60. The minimum Gasteiger partial charge on any atom is -0.375 e. The van der Waals surface area contributed by atoms with Crippen molar-refractivity contribution in [1.29, 1.82) is 0 Å². The minimum atomic E-state index is -0.231. The zero-order valence-corrected chi connectivity index (χ0v) is 9.71. The van der Waals surface area contributed by atoms with Gasteiger partial charge < -0.3 is 11.1 Å². The van der Waals surface area contributed by atoms with Gasteiger partial charge in [0.05, 0.1) is 5.69 Å². The summed E-state index contributed by atoms with van der Waals surface area (Å²) in [6.45, 7) is 1.75. The van der Waals surface area contributed by atoms with Crippen molar-refractivity contribution in [2.45, 2.75) is 6.92 Å². The van der Waals surface area contributed by atoms with Crippen LogP contribution in [0.3, 0.4) is 0 Å². The molecule has 7 heteroatoms. The van der Waals surface area contributed by atoms with Crippen LogP contribution in [0, 0.1) is 6.92 Å². The van der Waals surface area contributed by atoms with E-state index in [2.05, 4.69) is 15.4 Å². The number of nitrogen functional groups attached to an aromatic ring is 1. The van der Waals surface area contributed by atoms with Crippen LogP contribution in [0.1, 0.15) is 15.4 Å². The summed E-state index contributed by atoms with van der Waals surface area (Å²) in [5.74, 6) is 0.282. The number of amides is 1. The number of anilines is 2. The van der Waals surface area contributed by atoms with Crippen molar-refractivity contribution in [2.75, 3.05) is 11.1 Å². The van der Waals surface area contributed by atoms with Crippen LogP contribution in [-0.4, -0.2) is 20.7 Å². The van der Waals surface area contributed by atoms with Crippen LogP contribution < -0.4 is 11.1 Å². The average molecular weight is 237 g/mol.